The van der Waals surface area contributed by atoms with E-state index in [0.717, 1.165) is 0 Å². The number of amides is 3. The van der Waals surface area contributed by atoms with Crippen molar-refractivity contribution in [3.63, 3.8) is 0 Å². The summed E-state index contributed by atoms with van der Waals surface area (Å²) in [4.78, 5) is 45.8. The number of nitrogens with two attached hydrogens (primary N) is 1. The summed E-state index contributed by atoms with van der Waals surface area (Å²) < 4.78 is 0. The van der Waals surface area contributed by atoms with Crippen molar-refractivity contribution >= 4 is 36.3 Å². The molecule has 0 spiro atoms. The van der Waals surface area contributed by atoms with Crippen LogP contribution in [0.2, 0.25) is 0 Å². The molecule has 0 saturated heterocycles. The summed E-state index contributed by atoms with van der Waals surface area (Å²) in [7, 11) is 0. The summed E-state index contributed by atoms with van der Waals surface area (Å²) in [6.07, 6.45) is 0. The smallest absolute Gasteiger partial charge is 0.327 e. The van der Waals surface area contributed by atoms with E-state index in [1.807, 2.05) is 0 Å². The van der Waals surface area contributed by atoms with Gasteiger partial charge in [-0.1, -0.05) is 13.8 Å². The van der Waals surface area contributed by atoms with Crippen molar-refractivity contribution < 1.29 is 24.3 Å². The summed E-state index contributed by atoms with van der Waals surface area (Å²) in [5.74, 6) is -3.09. The molecule has 3 amide bonds. The van der Waals surface area contributed by atoms with Crippen LogP contribution in [0.5, 0.6) is 0 Å². The van der Waals surface area contributed by atoms with E-state index in [1.165, 1.54) is 6.92 Å². The van der Waals surface area contributed by atoms with E-state index in [4.69, 9.17) is 10.8 Å². The molecule has 0 aliphatic heterocycles. The highest BCUT2D eigenvalue weighted by Crippen LogP contribution is 1.98. The van der Waals surface area contributed by atoms with Crippen LogP contribution in [0, 0.1) is 5.92 Å². The first-order chi connectivity index (χ1) is 10.6. The third-order valence-corrected chi connectivity index (χ3v) is 3.38. The van der Waals surface area contributed by atoms with Gasteiger partial charge in [0.05, 0.1) is 12.6 Å². The predicted molar refractivity (Wildman–Crippen MR) is 86.8 cm³/mol. The van der Waals surface area contributed by atoms with Gasteiger partial charge in [0.15, 0.2) is 0 Å². The van der Waals surface area contributed by atoms with Gasteiger partial charge in [-0.3, -0.25) is 14.4 Å². The normalized spacial score (nSPS) is 14.5. The van der Waals surface area contributed by atoms with Crippen LogP contribution in [-0.2, 0) is 19.2 Å². The van der Waals surface area contributed by atoms with Crippen molar-refractivity contribution in [2.45, 2.75) is 38.9 Å². The number of aliphatic carboxylic acids is 1. The summed E-state index contributed by atoms with van der Waals surface area (Å²) in [5, 5.41) is 15.7. The zero-order valence-electron chi connectivity index (χ0n) is 13.3. The lowest BCUT2D eigenvalue weighted by molar-refractivity contribution is -0.141. The summed E-state index contributed by atoms with van der Waals surface area (Å²) >= 11 is 3.80. The molecule has 3 unspecified atom stereocenters. The minimum atomic E-state index is -1.22. The SMILES string of the molecule is CC(NC(=O)C(N)C(C)C)C(=O)NCC(=O)NC(CS)C(=O)O. The van der Waals surface area contributed by atoms with Gasteiger partial charge in [-0.15, -0.1) is 0 Å². The lowest BCUT2D eigenvalue weighted by atomic mass is 10.0. The third kappa shape index (κ3) is 7.84. The fourth-order valence-electron chi connectivity index (χ4n) is 1.43. The molecule has 0 aliphatic rings. The number of carbonyl (C=O) groups excluding carboxylic acids is 3. The molecule has 0 rings (SSSR count). The fraction of sp³-hybridized carbons (Fsp3) is 0.692. The van der Waals surface area contributed by atoms with E-state index in [-0.39, 0.29) is 11.7 Å². The average Bonchev–Trinajstić information content (AvgIpc) is 2.48. The van der Waals surface area contributed by atoms with E-state index >= 15 is 0 Å². The highest BCUT2D eigenvalue weighted by Gasteiger charge is 2.23. The van der Waals surface area contributed by atoms with Gasteiger partial charge in [0.1, 0.15) is 12.1 Å². The van der Waals surface area contributed by atoms with Gasteiger partial charge in [0, 0.05) is 5.75 Å². The Morgan fingerprint density at radius 1 is 1.09 bits per heavy atom. The Labute approximate surface area is 140 Å². The van der Waals surface area contributed by atoms with Crippen molar-refractivity contribution in [1.82, 2.24) is 16.0 Å². The van der Waals surface area contributed by atoms with Crippen LogP contribution in [0.1, 0.15) is 20.8 Å². The van der Waals surface area contributed by atoms with Gasteiger partial charge in [0.25, 0.3) is 0 Å². The van der Waals surface area contributed by atoms with Crippen LogP contribution in [-0.4, -0.2) is 59.2 Å². The highest BCUT2D eigenvalue weighted by molar-refractivity contribution is 7.80. The van der Waals surface area contributed by atoms with Crippen LogP contribution in [0.3, 0.4) is 0 Å². The number of rotatable bonds is 9. The molecule has 0 aromatic carbocycles. The Kier molecular flexibility index (Phi) is 9.27. The second-order valence-electron chi connectivity index (χ2n) is 5.36. The van der Waals surface area contributed by atoms with Crippen LogP contribution in [0.25, 0.3) is 0 Å². The Hall–Kier alpha value is -1.81. The first-order valence-corrected chi connectivity index (χ1v) is 7.70. The highest BCUT2D eigenvalue weighted by atomic mass is 32.1. The maximum absolute atomic E-state index is 11.8. The monoisotopic (exact) mass is 348 g/mol. The van der Waals surface area contributed by atoms with Crippen LogP contribution < -0.4 is 21.7 Å². The molecular formula is C13H24N4O5S. The lowest BCUT2D eigenvalue weighted by Crippen LogP contribution is -2.53. The van der Waals surface area contributed by atoms with Gasteiger partial charge in [0.2, 0.25) is 17.7 Å². The topological polar surface area (TPSA) is 151 Å². The van der Waals surface area contributed by atoms with Crippen molar-refractivity contribution in [3.05, 3.63) is 0 Å². The molecule has 6 N–H and O–H groups in total. The number of thiol groups is 1. The Morgan fingerprint density at radius 3 is 2.09 bits per heavy atom. The second-order valence-corrected chi connectivity index (χ2v) is 5.72. The van der Waals surface area contributed by atoms with E-state index in [9.17, 15) is 19.2 Å². The van der Waals surface area contributed by atoms with E-state index < -0.39 is 48.4 Å². The Morgan fingerprint density at radius 2 is 1.65 bits per heavy atom. The molecule has 0 heterocycles. The quantitative estimate of drug-likeness (QED) is 0.268. The van der Waals surface area contributed by atoms with Gasteiger partial charge < -0.3 is 26.8 Å². The number of hydrogen-bond acceptors (Lipinski definition) is 6. The molecule has 0 fully saturated rings. The minimum absolute atomic E-state index is 0.0748. The first-order valence-electron chi connectivity index (χ1n) is 7.06. The van der Waals surface area contributed by atoms with Crippen molar-refractivity contribution in [2.24, 2.45) is 11.7 Å². The van der Waals surface area contributed by atoms with Gasteiger partial charge in [-0.25, -0.2) is 4.79 Å². The molecule has 132 valence electrons. The van der Waals surface area contributed by atoms with Crippen molar-refractivity contribution in [3.8, 4) is 0 Å². The number of carbonyl (C=O) groups is 4. The van der Waals surface area contributed by atoms with Crippen LogP contribution in [0.15, 0.2) is 0 Å². The van der Waals surface area contributed by atoms with Crippen LogP contribution >= 0.6 is 12.6 Å². The maximum atomic E-state index is 11.8. The average molecular weight is 348 g/mol. The minimum Gasteiger partial charge on any atom is -0.480 e. The molecule has 9 nitrogen and oxygen atoms in total. The summed E-state index contributed by atoms with van der Waals surface area (Å²) in [5.41, 5.74) is 5.66. The number of nitrogens with one attached hydrogen (secondary N) is 3. The first kappa shape index (κ1) is 21.2. The molecule has 3 atom stereocenters. The second kappa shape index (κ2) is 10.1. The zero-order valence-corrected chi connectivity index (χ0v) is 14.2. The molecule has 0 saturated carbocycles. The molecule has 23 heavy (non-hydrogen) atoms. The number of carboxylic acid groups (broad SMARTS) is 1. The van der Waals surface area contributed by atoms with Gasteiger partial charge >= 0.3 is 5.97 Å². The standard InChI is InChI=1S/C13H24N4O5S/c1-6(2)10(14)12(20)16-7(3)11(19)15-4-9(18)17-8(5-23)13(21)22/h6-8,10,23H,4-5,14H2,1-3H3,(H,15,19)(H,16,20)(H,17,18)(H,21,22). The van der Waals surface area contributed by atoms with Crippen molar-refractivity contribution in [1.29, 1.82) is 0 Å². The summed E-state index contributed by atoms with van der Waals surface area (Å²) in [6, 6.07) is -2.75. The molecule has 0 bridgehead atoms. The molecule has 0 radical (unpaired) electrons. The molecule has 0 aromatic rings. The van der Waals surface area contributed by atoms with Crippen LogP contribution in [0.4, 0.5) is 0 Å². The fourth-order valence-corrected chi connectivity index (χ4v) is 1.68. The largest absolute Gasteiger partial charge is 0.480 e. The number of hydrogen-bond donors (Lipinski definition) is 6. The Balaban J connectivity index is 4.30. The lowest BCUT2D eigenvalue weighted by Gasteiger charge is -2.19. The molecule has 0 aromatic heterocycles. The van der Waals surface area contributed by atoms with Crippen molar-refractivity contribution in [2.75, 3.05) is 12.3 Å². The molecule has 10 heteroatoms. The van der Waals surface area contributed by atoms with E-state index in [2.05, 4.69) is 28.6 Å². The summed E-state index contributed by atoms with van der Waals surface area (Å²) in [6.45, 7) is 4.60. The number of carboxylic acids is 1. The zero-order chi connectivity index (χ0) is 18.2. The van der Waals surface area contributed by atoms with Gasteiger partial charge in [-0.05, 0) is 12.8 Å². The maximum Gasteiger partial charge on any atom is 0.327 e. The van der Waals surface area contributed by atoms with E-state index in [0.29, 0.717) is 0 Å². The van der Waals surface area contributed by atoms with E-state index in [1.54, 1.807) is 13.8 Å². The Bertz CT molecular complexity index is 458. The van der Waals surface area contributed by atoms with Gasteiger partial charge in [-0.2, -0.15) is 12.6 Å². The molecular weight excluding hydrogens is 324 g/mol. The molecule has 0 aliphatic carbocycles. The predicted octanol–water partition coefficient (Wildman–Crippen LogP) is -1.91. The third-order valence-electron chi connectivity index (χ3n) is 3.01.